The minimum absolute atomic E-state index is 0.857. The van der Waals surface area contributed by atoms with Crippen molar-refractivity contribution in [3.05, 3.63) is 36.2 Å². The zero-order chi connectivity index (χ0) is 15.1. The third kappa shape index (κ3) is 4.11. The van der Waals surface area contributed by atoms with Gasteiger partial charge in [0.05, 0.1) is 0 Å². The van der Waals surface area contributed by atoms with Crippen LogP contribution in [0.1, 0.15) is 25.8 Å². The highest BCUT2D eigenvalue weighted by molar-refractivity contribution is 7.98. The lowest BCUT2D eigenvalue weighted by molar-refractivity contribution is 0.902. The molecule has 5 heteroatoms. The molecule has 0 atom stereocenters. The van der Waals surface area contributed by atoms with E-state index in [4.69, 9.17) is 0 Å². The van der Waals surface area contributed by atoms with Crippen LogP contribution in [0.3, 0.4) is 0 Å². The van der Waals surface area contributed by atoms with E-state index in [1.54, 1.807) is 18.1 Å². The van der Waals surface area contributed by atoms with Gasteiger partial charge in [-0.1, -0.05) is 13.3 Å². The number of nitrogens with zero attached hydrogens (tertiary/aromatic N) is 2. The minimum Gasteiger partial charge on any atom is -0.370 e. The first-order valence-corrected chi connectivity index (χ1v) is 8.49. The molecule has 0 amide bonds. The molecule has 0 saturated carbocycles. The topological polar surface area (TPSA) is 49.8 Å². The van der Waals surface area contributed by atoms with Crippen LogP contribution in [-0.4, -0.2) is 22.8 Å². The molecule has 0 aliphatic carbocycles. The molecule has 0 saturated heterocycles. The van der Waals surface area contributed by atoms with Crippen LogP contribution in [-0.2, 0) is 6.42 Å². The van der Waals surface area contributed by atoms with Gasteiger partial charge in [0.25, 0.3) is 0 Å². The van der Waals surface area contributed by atoms with Crippen molar-refractivity contribution < 1.29 is 0 Å². The van der Waals surface area contributed by atoms with Gasteiger partial charge in [-0.3, -0.25) is 0 Å². The first-order chi connectivity index (χ1) is 10.3. The van der Waals surface area contributed by atoms with Crippen LogP contribution in [0, 0.1) is 0 Å². The average molecular weight is 302 g/mol. The van der Waals surface area contributed by atoms with E-state index in [9.17, 15) is 0 Å². The lowest BCUT2D eigenvalue weighted by atomic mass is 10.1. The van der Waals surface area contributed by atoms with E-state index in [0.29, 0.717) is 0 Å². The normalized spacial score (nSPS) is 10.4. The fourth-order valence-electron chi connectivity index (χ4n) is 2.14. The van der Waals surface area contributed by atoms with E-state index in [-0.39, 0.29) is 0 Å². The highest BCUT2D eigenvalue weighted by Gasteiger charge is 2.10. The van der Waals surface area contributed by atoms with Crippen molar-refractivity contribution in [2.75, 3.05) is 23.4 Å². The molecule has 2 aromatic rings. The van der Waals surface area contributed by atoms with Crippen molar-refractivity contribution in [1.29, 1.82) is 0 Å². The van der Waals surface area contributed by atoms with Crippen molar-refractivity contribution in [3.63, 3.8) is 0 Å². The van der Waals surface area contributed by atoms with Crippen molar-refractivity contribution >= 4 is 29.1 Å². The van der Waals surface area contributed by atoms with Gasteiger partial charge in [0.15, 0.2) is 0 Å². The van der Waals surface area contributed by atoms with E-state index < -0.39 is 0 Å². The summed E-state index contributed by atoms with van der Waals surface area (Å²) in [4.78, 5) is 10.0. The van der Waals surface area contributed by atoms with Gasteiger partial charge in [-0.2, -0.15) is 0 Å². The monoisotopic (exact) mass is 302 g/mol. The summed E-state index contributed by atoms with van der Waals surface area (Å²) in [6.07, 6.45) is 5.70. The number of hydrogen-bond donors (Lipinski definition) is 2. The maximum atomic E-state index is 4.41. The Bertz CT molecular complexity index is 569. The van der Waals surface area contributed by atoms with Crippen LogP contribution in [0.5, 0.6) is 0 Å². The largest absolute Gasteiger partial charge is 0.370 e. The first-order valence-electron chi connectivity index (χ1n) is 7.27. The highest BCUT2D eigenvalue weighted by atomic mass is 32.2. The summed E-state index contributed by atoms with van der Waals surface area (Å²) in [6.45, 7) is 5.10. The summed E-state index contributed by atoms with van der Waals surface area (Å²) in [7, 11) is 0. The number of hydrogen-bond acceptors (Lipinski definition) is 5. The van der Waals surface area contributed by atoms with Gasteiger partial charge in [-0.25, -0.2) is 9.97 Å². The van der Waals surface area contributed by atoms with E-state index in [1.807, 2.05) is 0 Å². The SMILES string of the molecule is CCCc1c(NCC)ncnc1Nc1ccc(SC)cc1. The molecule has 4 nitrogen and oxygen atoms in total. The van der Waals surface area contributed by atoms with Gasteiger partial charge in [0.2, 0.25) is 0 Å². The van der Waals surface area contributed by atoms with Gasteiger partial charge in [-0.15, -0.1) is 11.8 Å². The van der Waals surface area contributed by atoms with Crippen molar-refractivity contribution in [2.24, 2.45) is 0 Å². The minimum atomic E-state index is 0.857. The van der Waals surface area contributed by atoms with E-state index in [2.05, 4.69) is 65.0 Å². The Morgan fingerprint density at radius 2 is 1.76 bits per heavy atom. The summed E-state index contributed by atoms with van der Waals surface area (Å²) in [5.74, 6) is 1.82. The smallest absolute Gasteiger partial charge is 0.139 e. The van der Waals surface area contributed by atoms with Gasteiger partial charge in [0, 0.05) is 22.7 Å². The summed E-state index contributed by atoms with van der Waals surface area (Å²) < 4.78 is 0. The van der Waals surface area contributed by atoms with Crippen molar-refractivity contribution in [3.8, 4) is 0 Å². The van der Waals surface area contributed by atoms with Gasteiger partial charge >= 0.3 is 0 Å². The van der Waals surface area contributed by atoms with Gasteiger partial charge in [0.1, 0.15) is 18.0 Å². The molecule has 0 radical (unpaired) electrons. The summed E-state index contributed by atoms with van der Waals surface area (Å²) in [6, 6.07) is 8.38. The molecular formula is C16H22N4S. The Morgan fingerprint density at radius 3 is 2.38 bits per heavy atom. The fraction of sp³-hybridized carbons (Fsp3) is 0.375. The summed E-state index contributed by atoms with van der Waals surface area (Å²) in [5.41, 5.74) is 2.20. The van der Waals surface area contributed by atoms with Crippen LogP contribution >= 0.6 is 11.8 Å². The molecular weight excluding hydrogens is 280 g/mol. The third-order valence-corrected chi connectivity index (χ3v) is 3.89. The van der Waals surface area contributed by atoms with Crippen molar-refractivity contribution in [1.82, 2.24) is 9.97 Å². The van der Waals surface area contributed by atoms with Crippen LogP contribution < -0.4 is 10.6 Å². The van der Waals surface area contributed by atoms with E-state index in [1.165, 1.54) is 4.90 Å². The Kier molecular flexibility index (Phi) is 5.87. The summed E-state index contributed by atoms with van der Waals surface area (Å²) in [5, 5.41) is 6.72. The number of benzene rings is 1. The van der Waals surface area contributed by atoms with Crippen molar-refractivity contribution in [2.45, 2.75) is 31.6 Å². The van der Waals surface area contributed by atoms with E-state index in [0.717, 1.165) is 42.3 Å². The molecule has 21 heavy (non-hydrogen) atoms. The molecule has 112 valence electrons. The first kappa shape index (κ1) is 15.6. The Labute approximate surface area is 130 Å². The standard InChI is InChI=1S/C16H22N4S/c1-4-6-14-15(17-5-2)18-11-19-16(14)20-12-7-9-13(21-3)10-8-12/h7-11H,4-6H2,1-3H3,(H2,17,18,19,20). The maximum absolute atomic E-state index is 4.41. The second-order valence-corrected chi connectivity index (χ2v) is 5.56. The molecule has 0 aliphatic rings. The Morgan fingerprint density at radius 1 is 1.05 bits per heavy atom. The maximum Gasteiger partial charge on any atom is 0.139 e. The molecule has 2 rings (SSSR count). The van der Waals surface area contributed by atoms with E-state index >= 15 is 0 Å². The molecule has 1 heterocycles. The molecule has 0 fully saturated rings. The summed E-state index contributed by atoms with van der Waals surface area (Å²) >= 11 is 1.74. The number of aromatic nitrogens is 2. The second-order valence-electron chi connectivity index (χ2n) is 4.68. The quantitative estimate of drug-likeness (QED) is 0.746. The Balaban J connectivity index is 2.26. The van der Waals surface area contributed by atoms with Crippen LogP contribution in [0.2, 0.25) is 0 Å². The molecule has 0 aliphatic heterocycles. The number of anilines is 3. The zero-order valence-electron chi connectivity index (χ0n) is 12.8. The van der Waals surface area contributed by atoms with Crippen LogP contribution in [0.15, 0.2) is 35.5 Å². The zero-order valence-corrected chi connectivity index (χ0v) is 13.6. The molecule has 2 N–H and O–H groups in total. The molecule has 0 bridgehead atoms. The number of rotatable bonds is 7. The average Bonchev–Trinajstić information content (AvgIpc) is 2.51. The predicted octanol–water partition coefficient (Wildman–Crippen LogP) is 4.33. The van der Waals surface area contributed by atoms with Gasteiger partial charge in [-0.05, 0) is 43.9 Å². The highest BCUT2D eigenvalue weighted by Crippen LogP contribution is 2.26. The lowest BCUT2D eigenvalue weighted by Crippen LogP contribution is -2.08. The fourth-order valence-corrected chi connectivity index (χ4v) is 2.55. The lowest BCUT2D eigenvalue weighted by Gasteiger charge is -2.14. The molecule has 1 aromatic carbocycles. The molecule has 1 aromatic heterocycles. The van der Waals surface area contributed by atoms with Crippen LogP contribution in [0.4, 0.5) is 17.3 Å². The predicted molar refractivity (Wildman–Crippen MR) is 91.7 cm³/mol. The third-order valence-electron chi connectivity index (χ3n) is 3.14. The molecule has 0 spiro atoms. The molecule has 0 unspecified atom stereocenters. The number of nitrogens with one attached hydrogen (secondary N) is 2. The van der Waals surface area contributed by atoms with Crippen LogP contribution in [0.25, 0.3) is 0 Å². The number of thioether (sulfide) groups is 1. The second kappa shape index (κ2) is 7.88. The van der Waals surface area contributed by atoms with Gasteiger partial charge < -0.3 is 10.6 Å². The Hall–Kier alpha value is -1.75.